The molecule has 164 valence electrons. The first-order valence-corrected chi connectivity index (χ1v) is 12.1. The minimum Gasteiger partial charge on any atom is -0.338 e. The van der Waals surface area contributed by atoms with Gasteiger partial charge >= 0.3 is 6.03 Å². The predicted octanol–water partition coefficient (Wildman–Crippen LogP) is 4.02. The molecule has 0 aromatic carbocycles. The number of thiophene rings is 1. The van der Waals surface area contributed by atoms with Crippen LogP contribution in [0.1, 0.15) is 51.5 Å². The number of nitrogens with one attached hydrogen (secondary N) is 2. The van der Waals surface area contributed by atoms with E-state index in [9.17, 15) is 9.59 Å². The summed E-state index contributed by atoms with van der Waals surface area (Å²) in [6.45, 7) is 11.0. The van der Waals surface area contributed by atoms with Crippen molar-refractivity contribution in [3.63, 3.8) is 0 Å². The third-order valence-corrected chi connectivity index (χ3v) is 7.96. The standard InChI is InChI=1S/C21H31N5O2S2/c1-7-22-19(28)23-18(27)12(2)29-20-25-24-17(26(20)6)16-11-13-10-14(21(3,4)5)8-9-15(13)30-16/h11-12,14H,7-10H2,1-6H3,(H2,22,23,27,28). The zero-order valence-electron chi connectivity index (χ0n) is 18.5. The van der Waals surface area contributed by atoms with E-state index in [1.54, 1.807) is 25.2 Å². The van der Waals surface area contributed by atoms with Gasteiger partial charge in [0.1, 0.15) is 0 Å². The Morgan fingerprint density at radius 1 is 1.37 bits per heavy atom. The van der Waals surface area contributed by atoms with E-state index < -0.39 is 11.3 Å². The first-order chi connectivity index (χ1) is 14.1. The van der Waals surface area contributed by atoms with E-state index in [2.05, 4.69) is 47.7 Å². The summed E-state index contributed by atoms with van der Waals surface area (Å²) in [6, 6.07) is 1.79. The molecule has 2 heterocycles. The highest BCUT2D eigenvalue weighted by Gasteiger charge is 2.30. The number of rotatable bonds is 5. The molecule has 3 rings (SSSR count). The first kappa shape index (κ1) is 22.8. The molecule has 2 aromatic heterocycles. The number of carbonyl (C=O) groups excluding carboxylic acids is 2. The molecule has 2 aromatic rings. The molecule has 0 bridgehead atoms. The third kappa shape index (κ3) is 5.06. The van der Waals surface area contributed by atoms with Crippen LogP contribution in [0.25, 0.3) is 10.7 Å². The molecule has 9 heteroatoms. The van der Waals surface area contributed by atoms with Gasteiger partial charge < -0.3 is 9.88 Å². The van der Waals surface area contributed by atoms with E-state index in [-0.39, 0.29) is 5.91 Å². The molecule has 0 radical (unpaired) electrons. The van der Waals surface area contributed by atoms with Gasteiger partial charge in [-0.25, -0.2) is 4.79 Å². The maximum absolute atomic E-state index is 12.2. The predicted molar refractivity (Wildman–Crippen MR) is 122 cm³/mol. The third-order valence-electron chi connectivity index (χ3n) is 5.59. The summed E-state index contributed by atoms with van der Waals surface area (Å²) < 4.78 is 1.93. The molecule has 2 atom stereocenters. The fraction of sp³-hybridized carbons (Fsp3) is 0.619. The molecule has 7 nitrogen and oxygen atoms in total. The minimum atomic E-state index is -0.480. The van der Waals surface area contributed by atoms with E-state index in [4.69, 9.17) is 0 Å². The van der Waals surface area contributed by atoms with Crippen molar-refractivity contribution in [2.45, 2.75) is 64.3 Å². The van der Waals surface area contributed by atoms with Crippen molar-refractivity contribution in [1.29, 1.82) is 0 Å². The van der Waals surface area contributed by atoms with E-state index >= 15 is 0 Å². The molecule has 1 aliphatic rings. The van der Waals surface area contributed by atoms with Crippen LogP contribution in [-0.4, -0.2) is 38.5 Å². The van der Waals surface area contributed by atoms with E-state index in [1.165, 1.54) is 28.6 Å². The van der Waals surface area contributed by atoms with E-state index in [1.807, 2.05) is 11.6 Å². The highest BCUT2D eigenvalue weighted by atomic mass is 32.2. The van der Waals surface area contributed by atoms with Crippen LogP contribution in [0.5, 0.6) is 0 Å². The molecular formula is C21H31N5O2S2. The Kier molecular flexibility index (Phi) is 6.91. The van der Waals surface area contributed by atoms with Gasteiger partial charge in [0.25, 0.3) is 0 Å². The van der Waals surface area contributed by atoms with Crippen molar-refractivity contribution in [2.75, 3.05) is 6.54 Å². The number of hydrogen-bond donors (Lipinski definition) is 2. The van der Waals surface area contributed by atoms with Crippen molar-refractivity contribution in [2.24, 2.45) is 18.4 Å². The number of amides is 3. The molecule has 30 heavy (non-hydrogen) atoms. The Morgan fingerprint density at radius 2 is 2.10 bits per heavy atom. The van der Waals surface area contributed by atoms with Gasteiger partial charge in [0.2, 0.25) is 5.91 Å². The van der Waals surface area contributed by atoms with Gasteiger partial charge in [-0.3, -0.25) is 10.1 Å². The largest absolute Gasteiger partial charge is 0.338 e. The summed E-state index contributed by atoms with van der Waals surface area (Å²) in [4.78, 5) is 26.4. The number of hydrogen-bond acceptors (Lipinski definition) is 6. The van der Waals surface area contributed by atoms with Crippen LogP contribution < -0.4 is 10.6 Å². The van der Waals surface area contributed by atoms with E-state index in [0.717, 1.165) is 23.5 Å². The highest BCUT2D eigenvalue weighted by Crippen LogP contribution is 2.42. The minimum absolute atomic E-state index is 0.319. The Hall–Kier alpha value is -1.87. The molecule has 0 spiro atoms. The van der Waals surface area contributed by atoms with Gasteiger partial charge in [-0.15, -0.1) is 21.5 Å². The molecular weight excluding hydrogens is 418 g/mol. The average molecular weight is 450 g/mol. The molecule has 0 aliphatic heterocycles. The molecule has 2 N–H and O–H groups in total. The second kappa shape index (κ2) is 9.09. The number of nitrogens with zero attached hydrogens (tertiary/aromatic N) is 3. The monoisotopic (exact) mass is 449 g/mol. The van der Waals surface area contributed by atoms with Crippen molar-refractivity contribution in [3.8, 4) is 10.7 Å². The number of aromatic nitrogens is 3. The van der Waals surface area contributed by atoms with Crippen LogP contribution in [0.3, 0.4) is 0 Å². The zero-order chi connectivity index (χ0) is 22.1. The molecule has 0 saturated heterocycles. The number of urea groups is 1. The second-order valence-electron chi connectivity index (χ2n) is 8.84. The van der Waals surface area contributed by atoms with Crippen LogP contribution in [0.15, 0.2) is 11.2 Å². The Bertz CT molecular complexity index is 928. The van der Waals surface area contributed by atoms with Gasteiger partial charge in [-0.2, -0.15) is 0 Å². The van der Waals surface area contributed by atoms with Crippen LogP contribution in [0.2, 0.25) is 0 Å². The Labute approximate surface area is 186 Å². The summed E-state index contributed by atoms with van der Waals surface area (Å²) in [5.41, 5.74) is 1.76. The van der Waals surface area contributed by atoms with Gasteiger partial charge in [0.15, 0.2) is 11.0 Å². The summed E-state index contributed by atoms with van der Waals surface area (Å²) in [6.07, 6.45) is 3.47. The number of thioether (sulfide) groups is 1. The fourth-order valence-corrected chi connectivity index (χ4v) is 5.68. The molecule has 3 amide bonds. The number of carbonyl (C=O) groups is 2. The normalized spacial score (nSPS) is 17.3. The summed E-state index contributed by atoms with van der Waals surface area (Å²) in [7, 11) is 1.92. The number of aryl methyl sites for hydroxylation is 1. The van der Waals surface area contributed by atoms with Crippen molar-refractivity contribution < 1.29 is 9.59 Å². The molecule has 0 saturated carbocycles. The molecule has 0 fully saturated rings. The summed E-state index contributed by atoms with van der Waals surface area (Å²) in [5.74, 6) is 1.16. The SMILES string of the molecule is CCNC(=O)NC(=O)C(C)Sc1nnc(-c2cc3c(s2)CCC(C(C)(C)C)C3)n1C. The fourth-order valence-electron chi connectivity index (χ4n) is 3.64. The lowest BCUT2D eigenvalue weighted by Gasteiger charge is -2.33. The highest BCUT2D eigenvalue weighted by molar-refractivity contribution is 8.00. The van der Waals surface area contributed by atoms with Crippen molar-refractivity contribution in [1.82, 2.24) is 25.4 Å². The second-order valence-corrected chi connectivity index (χ2v) is 11.3. The van der Waals surface area contributed by atoms with Gasteiger partial charge in [0, 0.05) is 18.5 Å². The van der Waals surface area contributed by atoms with E-state index in [0.29, 0.717) is 23.0 Å². The van der Waals surface area contributed by atoms with Crippen LogP contribution >= 0.6 is 23.1 Å². The van der Waals surface area contributed by atoms with Crippen molar-refractivity contribution in [3.05, 3.63) is 16.5 Å². The summed E-state index contributed by atoms with van der Waals surface area (Å²) in [5, 5.41) is 13.8. The van der Waals surface area contributed by atoms with Gasteiger partial charge in [0.05, 0.1) is 10.1 Å². The first-order valence-electron chi connectivity index (χ1n) is 10.4. The van der Waals surface area contributed by atoms with Crippen LogP contribution in [0, 0.1) is 11.3 Å². The lowest BCUT2D eigenvalue weighted by molar-refractivity contribution is -0.119. The molecule has 2 unspecified atom stereocenters. The number of imide groups is 1. The average Bonchev–Trinajstić information content (AvgIpc) is 3.24. The maximum Gasteiger partial charge on any atom is 0.321 e. The maximum atomic E-state index is 12.2. The van der Waals surface area contributed by atoms with Crippen LogP contribution in [0.4, 0.5) is 4.79 Å². The topological polar surface area (TPSA) is 88.9 Å². The van der Waals surface area contributed by atoms with Crippen molar-refractivity contribution >= 4 is 35.0 Å². The lowest BCUT2D eigenvalue weighted by atomic mass is 9.72. The summed E-state index contributed by atoms with van der Waals surface area (Å²) >= 11 is 3.10. The van der Waals surface area contributed by atoms with Crippen LogP contribution in [-0.2, 0) is 24.7 Å². The zero-order valence-corrected chi connectivity index (χ0v) is 20.2. The van der Waals surface area contributed by atoms with Gasteiger partial charge in [-0.05, 0) is 56.1 Å². The number of fused-ring (bicyclic) bond motifs is 1. The Morgan fingerprint density at radius 3 is 2.77 bits per heavy atom. The Balaban J connectivity index is 1.71. The quantitative estimate of drug-likeness (QED) is 0.673. The lowest BCUT2D eigenvalue weighted by Crippen LogP contribution is -2.42. The smallest absolute Gasteiger partial charge is 0.321 e. The molecule has 1 aliphatic carbocycles. The van der Waals surface area contributed by atoms with Gasteiger partial charge in [-0.1, -0.05) is 32.5 Å².